The van der Waals surface area contributed by atoms with Gasteiger partial charge >= 0.3 is 0 Å². The molecule has 3 rings (SSSR count). The quantitative estimate of drug-likeness (QED) is 0.299. The minimum atomic E-state index is -0.157. The van der Waals surface area contributed by atoms with Crippen molar-refractivity contribution in [3.63, 3.8) is 0 Å². The number of aromatic nitrogens is 2. The molecular formula is C22H30ClN3O3S. The molecule has 0 aliphatic carbocycles. The van der Waals surface area contributed by atoms with E-state index in [1.165, 1.54) is 30.6 Å². The Hall–Kier alpha value is -1.99. The number of halogens is 1. The van der Waals surface area contributed by atoms with Crippen LogP contribution in [-0.2, 0) is 4.79 Å². The van der Waals surface area contributed by atoms with Gasteiger partial charge in [0.25, 0.3) is 11.1 Å². The second-order valence-corrected chi connectivity index (χ2v) is 8.18. The van der Waals surface area contributed by atoms with E-state index >= 15 is 0 Å². The van der Waals surface area contributed by atoms with E-state index in [0.717, 1.165) is 48.8 Å². The summed E-state index contributed by atoms with van der Waals surface area (Å²) < 4.78 is 7.73. The number of imide groups is 1. The highest BCUT2D eigenvalue weighted by molar-refractivity contribution is 8.18. The number of unbranched alkanes of at least 4 members (excludes halogenated alkanes) is 6. The average Bonchev–Trinajstić information content (AvgIpc) is 3.30. The molecule has 8 heteroatoms. The molecule has 0 bridgehead atoms. The fraction of sp³-hybridized carbons (Fsp3) is 0.500. The van der Waals surface area contributed by atoms with Gasteiger partial charge in [0.15, 0.2) is 11.4 Å². The molecule has 2 amide bonds. The number of allylic oxidation sites excluding steroid dienone is 1. The van der Waals surface area contributed by atoms with Crippen LogP contribution in [0.5, 0.6) is 5.75 Å². The van der Waals surface area contributed by atoms with Crippen LogP contribution in [0.1, 0.15) is 58.3 Å². The summed E-state index contributed by atoms with van der Waals surface area (Å²) in [6, 6.07) is 3.81. The molecule has 0 unspecified atom stereocenters. The van der Waals surface area contributed by atoms with E-state index in [1.54, 1.807) is 6.20 Å². The van der Waals surface area contributed by atoms with Crippen molar-refractivity contribution in [3.8, 4) is 5.75 Å². The minimum absolute atomic E-state index is 0. The predicted octanol–water partition coefficient (Wildman–Crippen LogP) is 5.85. The molecule has 1 saturated heterocycles. The number of hydrogen-bond donors (Lipinski definition) is 0. The first-order valence-corrected chi connectivity index (χ1v) is 11.3. The lowest BCUT2D eigenvalue weighted by Gasteiger charge is -2.12. The lowest BCUT2D eigenvalue weighted by atomic mass is 10.1. The third kappa shape index (κ3) is 6.51. The molecule has 0 spiro atoms. The lowest BCUT2D eigenvalue weighted by Crippen LogP contribution is -2.29. The first-order chi connectivity index (χ1) is 14.2. The lowest BCUT2D eigenvalue weighted by molar-refractivity contribution is -0.122. The maximum Gasteiger partial charge on any atom is 0.293 e. The number of pyridine rings is 1. The van der Waals surface area contributed by atoms with E-state index in [1.807, 2.05) is 35.0 Å². The summed E-state index contributed by atoms with van der Waals surface area (Å²) in [5.41, 5.74) is 0.790. The average molecular weight is 452 g/mol. The van der Waals surface area contributed by atoms with Crippen LogP contribution in [-0.4, -0.2) is 38.6 Å². The minimum Gasteiger partial charge on any atom is -0.490 e. The molecule has 0 saturated carbocycles. The van der Waals surface area contributed by atoms with E-state index in [0.29, 0.717) is 18.1 Å². The largest absolute Gasteiger partial charge is 0.490 e. The number of rotatable bonds is 12. The van der Waals surface area contributed by atoms with Crippen molar-refractivity contribution < 1.29 is 14.3 Å². The molecular weight excluding hydrogens is 422 g/mol. The van der Waals surface area contributed by atoms with Gasteiger partial charge in [0.1, 0.15) is 0 Å². The zero-order valence-corrected chi connectivity index (χ0v) is 19.1. The number of nitrogens with zero attached hydrogens (tertiary/aromatic N) is 3. The van der Waals surface area contributed by atoms with E-state index in [9.17, 15) is 9.59 Å². The molecule has 0 atom stereocenters. The molecule has 0 radical (unpaired) electrons. The summed E-state index contributed by atoms with van der Waals surface area (Å²) in [5.74, 6) is 0.599. The Morgan fingerprint density at radius 1 is 1.10 bits per heavy atom. The van der Waals surface area contributed by atoms with E-state index in [2.05, 4.69) is 11.9 Å². The van der Waals surface area contributed by atoms with Gasteiger partial charge in [0.2, 0.25) is 0 Å². The molecule has 2 aromatic heterocycles. The van der Waals surface area contributed by atoms with Crippen LogP contribution in [0.25, 0.3) is 5.65 Å². The molecule has 2 aromatic rings. The smallest absolute Gasteiger partial charge is 0.293 e. The number of ether oxygens (including phenoxy) is 1. The normalized spacial score (nSPS) is 15.2. The van der Waals surface area contributed by atoms with Gasteiger partial charge in [-0.3, -0.25) is 14.5 Å². The monoisotopic (exact) mass is 451 g/mol. The number of hydrogen-bond acceptors (Lipinski definition) is 5. The van der Waals surface area contributed by atoms with Crippen molar-refractivity contribution in [3.05, 3.63) is 41.7 Å². The summed E-state index contributed by atoms with van der Waals surface area (Å²) in [6.45, 7) is 3.16. The SMILES string of the molecule is CCCCCCC/C=C1/SC(=O)N(CCCCOc2cccn3ccnc23)C1=O.Cl. The van der Waals surface area contributed by atoms with Crippen LogP contribution in [0.2, 0.25) is 0 Å². The molecule has 164 valence electrons. The number of amides is 2. The molecule has 1 aliphatic heterocycles. The number of carbonyl (C=O) groups excluding carboxylic acids is 2. The second-order valence-electron chi connectivity index (χ2n) is 7.18. The molecule has 30 heavy (non-hydrogen) atoms. The Morgan fingerprint density at radius 3 is 2.77 bits per heavy atom. The highest BCUT2D eigenvalue weighted by atomic mass is 35.5. The first kappa shape index (κ1) is 24.3. The Bertz CT molecular complexity index is 868. The van der Waals surface area contributed by atoms with Crippen LogP contribution in [0, 0.1) is 0 Å². The predicted molar refractivity (Wildman–Crippen MR) is 123 cm³/mol. The standard InChI is InChI=1S/C22H29N3O3S.ClH/c1-2-3-4-5-6-7-12-19-21(26)25(22(27)29-19)15-8-9-17-28-18-11-10-14-24-16-13-23-20(18)24;/h10-14,16H,2-9,15,17H2,1H3;1H/b19-12+;. The third-order valence-electron chi connectivity index (χ3n) is 4.93. The Morgan fingerprint density at radius 2 is 1.93 bits per heavy atom. The number of imidazole rings is 1. The molecule has 1 aliphatic rings. The van der Waals surface area contributed by atoms with Crippen LogP contribution in [0.3, 0.4) is 0 Å². The van der Waals surface area contributed by atoms with E-state index in [-0.39, 0.29) is 23.6 Å². The molecule has 6 nitrogen and oxygen atoms in total. The first-order valence-electron chi connectivity index (χ1n) is 10.5. The van der Waals surface area contributed by atoms with Crippen molar-refractivity contribution in [1.29, 1.82) is 0 Å². The molecule has 1 fully saturated rings. The van der Waals surface area contributed by atoms with Crippen LogP contribution in [0.4, 0.5) is 4.79 Å². The van der Waals surface area contributed by atoms with Gasteiger partial charge in [-0.2, -0.15) is 0 Å². The van der Waals surface area contributed by atoms with Crippen molar-refractivity contribution >= 4 is 41.0 Å². The van der Waals surface area contributed by atoms with E-state index in [4.69, 9.17) is 4.74 Å². The maximum absolute atomic E-state index is 12.5. The summed E-state index contributed by atoms with van der Waals surface area (Å²) in [4.78, 5) is 30.9. The van der Waals surface area contributed by atoms with Gasteiger partial charge in [-0.1, -0.05) is 38.7 Å². The maximum atomic E-state index is 12.5. The zero-order valence-electron chi connectivity index (χ0n) is 17.4. The van der Waals surface area contributed by atoms with E-state index < -0.39 is 0 Å². The molecule has 0 aromatic carbocycles. The van der Waals surface area contributed by atoms with Crippen molar-refractivity contribution in [2.75, 3.05) is 13.2 Å². The highest BCUT2D eigenvalue weighted by Crippen LogP contribution is 2.31. The fourth-order valence-corrected chi connectivity index (χ4v) is 4.17. The molecule has 0 N–H and O–H groups in total. The van der Waals surface area contributed by atoms with Gasteiger partial charge < -0.3 is 9.14 Å². The van der Waals surface area contributed by atoms with Gasteiger partial charge in [-0.05, 0) is 49.6 Å². The fourth-order valence-electron chi connectivity index (χ4n) is 3.30. The summed E-state index contributed by atoms with van der Waals surface area (Å²) >= 11 is 1.07. The topological polar surface area (TPSA) is 63.9 Å². The summed E-state index contributed by atoms with van der Waals surface area (Å²) in [6.07, 6.45) is 15.8. The highest BCUT2D eigenvalue weighted by Gasteiger charge is 2.34. The number of thioether (sulfide) groups is 1. The Kier molecular flexibility index (Phi) is 10.2. The van der Waals surface area contributed by atoms with Crippen LogP contribution in [0.15, 0.2) is 41.7 Å². The van der Waals surface area contributed by atoms with Crippen molar-refractivity contribution in [2.24, 2.45) is 0 Å². The van der Waals surface area contributed by atoms with Crippen molar-refractivity contribution in [1.82, 2.24) is 14.3 Å². The van der Waals surface area contributed by atoms with Gasteiger partial charge in [-0.15, -0.1) is 12.4 Å². The van der Waals surface area contributed by atoms with Crippen LogP contribution >= 0.6 is 24.2 Å². The number of carbonyl (C=O) groups is 2. The Balaban J connectivity index is 0.00000320. The Labute approximate surface area is 188 Å². The zero-order chi connectivity index (χ0) is 20.5. The number of fused-ring (bicyclic) bond motifs is 1. The van der Waals surface area contributed by atoms with Gasteiger partial charge in [0.05, 0.1) is 11.5 Å². The molecule has 3 heterocycles. The second kappa shape index (κ2) is 12.6. The van der Waals surface area contributed by atoms with Gasteiger partial charge in [-0.25, -0.2) is 4.98 Å². The van der Waals surface area contributed by atoms with Crippen LogP contribution < -0.4 is 4.74 Å². The van der Waals surface area contributed by atoms with Gasteiger partial charge in [0, 0.05) is 25.1 Å². The summed E-state index contributed by atoms with van der Waals surface area (Å²) in [7, 11) is 0. The third-order valence-corrected chi connectivity index (χ3v) is 5.88. The summed E-state index contributed by atoms with van der Waals surface area (Å²) in [5, 5.41) is -0.157. The van der Waals surface area contributed by atoms with Crippen molar-refractivity contribution in [2.45, 2.75) is 58.3 Å².